The Balaban J connectivity index is 1.90. The third-order valence-corrected chi connectivity index (χ3v) is 2.92. The van der Waals surface area contributed by atoms with Crippen molar-refractivity contribution in [2.24, 2.45) is 11.5 Å². The molecule has 0 atom stereocenters. The van der Waals surface area contributed by atoms with E-state index in [1.807, 2.05) is 12.1 Å². The Labute approximate surface area is 133 Å². The SMILES string of the molecule is NCc1cccc(NC(=O)COc2cccc(NC(N)=O)c2)c1. The average molecular weight is 314 g/mol. The first-order chi connectivity index (χ1) is 11.1. The van der Waals surface area contributed by atoms with E-state index in [1.54, 1.807) is 36.4 Å². The molecule has 0 fully saturated rings. The molecule has 0 bridgehead atoms. The van der Waals surface area contributed by atoms with Gasteiger partial charge in [-0.05, 0) is 29.8 Å². The van der Waals surface area contributed by atoms with Crippen LogP contribution in [0.25, 0.3) is 0 Å². The second kappa shape index (κ2) is 7.81. The van der Waals surface area contributed by atoms with Crippen LogP contribution < -0.4 is 26.8 Å². The summed E-state index contributed by atoms with van der Waals surface area (Å²) in [6.45, 7) is 0.243. The average Bonchev–Trinajstić information content (AvgIpc) is 2.53. The zero-order valence-electron chi connectivity index (χ0n) is 12.4. The summed E-state index contributed by atoms with van der Waals surface area (Å²) in [5, 5.41) is 5.16. The van der Waals surface area contributed by atoms with Crippen LogP contribution >= 0.6 is 0 Å². The molecule has 0 unspecified atom stereocenters. The number of carbonyl (C=O) groups excluding carboxylic acids is 2. The highest BCUT2D eigenvalue weighted by Crippen LogP contribution is 2.17. The second-order valence-electron chi connectivity index (χ2n) is 4.76. The predicted octanol–water partition coefficient (Wildman–Crippen LogP) is 1.65. The molecule has 0 radical (unpaired) electrons. The van der Waals surface area contributed by atoms with Crippen molar-refractivity contribution in [2.75, 3.05) is 17.2 Å². The van der Waals surface area contributed by atoms with Gasteiger partial charge in [-0.3, -0.25) is 4.79 Å². The number of benzene rings is 2. The van der Waals surface area contributed by atoms with Crippen molar-refractivity contribution in [3.05, 3.63) is 54.1 Å². The van der Waals surface area contributed by atoms with E-state index in [2.05, 4.69) is 10.6 Å². The fourth-order valence-corrected chi connectivity index (χ4v) is 1.93. The molecule has 3 amide bonds. The fraction of sp³-hybridized carbons (Fsp3) is 0.125. The summed E-state index contributed by atoms with van der Waals surface area (Å²) >= 11 is 0. The molecule has 7 nitrogen and oxygen atoms in total. The molecule has 23 heavy (non-hydrogen) atoms. The smallest absolute Gasteiger partial charge is 0.316 e. The summed E-state index contributed by atoms with van der Waals surface area (Å²) in [4.78, 5) is 22.7. The summed E-state index contributed by atoms with van der Waals surface area (Å²) < 4.78 is 5.39. The number of urea groups is 1. The highest BCUT2D eigenvalue weighted by Gasteiger charge is 2.05. The maximum Gasteiger partial charge on any atom is 0.316 e. The van der Waals surface area contributed by atoms with Crippen molar-refractivity contribution in [2.45, 2.75) is 6.54 Å². The fourth-order valence-electron chi connectivity index (χ4n) is 1.93. The lowest BCUT2D eigenvalue weighted by molar-refractivity contribution is -0.118. The Hall–Kier alpha value is -3.06. The van der Waals surface area contributed by atoms with Crippen molar-refractivity contribution >= 4 is 23.3 Å². The topological polar surface area (TPSA) is 119 Å². The van der Waals surface area contributed by atoms with Crippen LogP contribution in [0.15, 0.2) is 48.5 Å². The largest absolute Gasteiger partial charge is 0.484 e. The van der Waals surface area contributed by atoms with Gasteiger partial charge < -0.3 is 26.8 Å². The molecule has 2 aromatic carbocycles. The third kappa shape index (κ3) is 5.33. The Morgan fingerprint density at radius 2 is 1.70 bits per heavy atom. The van der Waals surface area contributed by atoms with Crippen LogP contribution in [0, 0.1) is 0 Å². The van der Waals surface area contributed by atoms with Gasteiger partial charge in [0.2, 0.25) is 0 Å². The minimum absolute atomic E-state index is 0.160. The number of carbonyl (C=O) groups is 2. The van der Waals surface area contributed by atoms with Gasteiger partial charge in [0.1, 0.15) is 5.75 Å². The van der Waals surface area contributed by atoms with Crippen LogP contribution in [0.1, 0.15) is 5.56 Å². The number of amides is 3. The molecular formula is C16H18N4O3. The lowest BCUT2D eigenvalue weighted by atomic mass is 10.2. The van der Waals surface area contributed by atoms with Gasteiger partial charge in [-0.25, -0.2) is 4.79 Å². The quantitative estimate of drug-likeness (QED) is 0.648. The summed E-state index contributed by atoms with van der Waals surface area (Å²) in [5.41, 5.74) is 12.7. The van der Waals surface area contributed by atoms with Crippen LogP contribution in [0.2, 0.25) is 0 Å². The maximum atomic E-state index is 11.9. The number of nitrogens with two attached hydrogens (primary N) is 2. The molecule has 6 N–H and O–H groups in total. The van der Waals surface area contributed by atoms with E-state index in [1.165, 1.54) is 0 Å². The Bertz CT molecular complexity index is 703. The van der Waals surface area contributed by atoms with Crippen LogP contribution in [-0.4, -0.2) is 18.5 Å². The van der Waals surface area contributed by atoms with E-state index in [0.29, 0.717) is 23.7 Å². The first-order valence-corrected chi connectivity index (χ1v) is 6.95. The zero-order valence-corrected chi connectivity index (χ0v) is 12.4. The minimum atomic E-state index is -0.667. The van der Waals surface area contributed by atoms with Gasteiger partial charge in [0.25, 0.3) is 5.91 Å². The van der Waals surface area contributed by atoms with Gasteiger partial charge >= 0.3 is 6.03 Å². The Kier molecular flexibility index (Phi) is 5.54. The number of ether oxygens (including phenoxy) is 1. The summed E-state index contributed by atoms with van der Waals surface area (Å²) in [6.07, 6.45) is 0. The van der Waals surface area contributed by atoms with E-state index in [-0.39, 0.29) is 12.5 Å². The van der Waals surface area contributed by atoms with Crippen LogP contribution in [0.3, 0.4) is 0 Å². The molecule has 0 spiro atoms. The number of anilines is 2. The van der Waals surface area contributed by atoms with Gasteiger partial charge in [0, 0.05) is 24.0 Å². The molecule has 0 aromatic heterocycles. The number of nitrogens with one attached hydrogen (secondary N) is 2. The molecule has 7 heteroatoms. The number of rotatable bonds is 6. The Morgan fingerprint density at radius 3 is 2.39 bits per heavy atom. The number of hydrogen-bond acceptors (Lipinski definition) is 4. The van der Waals surface area contributed by atoms with E-state index < -0.39 is 6.03 Å². The molecular weight excluding hydrogens is 296 g/mol. The highest BCUT2D eigenvalue weighted by molar-refractivity contribution is 5.92. The van der Waals surface area contributed by atoms with Crippen LogP contribution in [0.5, 0.6) is 5.75 Å². The number of hydrogen-bond donors (Lipinski definition) is 4. The lowest BCUT2D eigenvalue weighted by Gasteiger charge is -2.09. The van der Waals surface area contributed by atoms with Crippen molar-refractivity contribution in [1.29, 1.82) is 0 Å². The van der Waals surface area contributed by atoms with Crippen molar-refractivity contribution in [3.63, 3.8) is 0 Å². The summed E-state index contributed by atoms with van der Waals surface area (Å²) in [5.74, 6) is 0.148. The van der Waals surface area contributed by atoms with Gasteiger partial charge in [-0.2, -0.15) is 0 Å². The second-order valence-corrected chi connectivity index (χ2v) is 4.76. The van der Waals surface area contributed by atoms with E-state index in [9.17, 15) is 9.59 Å². The van der Waals surface area contributed by atoms with E-state index >= 15 is 0 Å². The predicted molar refractivity (Wildman–Crippen MR) is 88.1 cm³/mol. The molecule has 0 aliphatic carbocycles. The van der Waals surface area contributed by atoms with Gasteiger partial charge in [0.05, 0.1) is 0 Å². The van der Waals surface area contributed by atoms with Crippen molar-refractivity contribution in [3.8, 4) is 5.75 Å². The molecule has 0 aliphatic rings. The molecule has 0 saturated heterocycles. The summed E-state index contributed by atoms with van der Waals surface area (Å²) in [6, 6.07) is 13.2. The van der Waals surface area contributed by atoms with Gasteiger partial charge in [-0.1, -0.05) is 18.2 Å². The summed E-state index contributed by atoms with van der Waals surface area (Å²) in [7, 11) is 0. The number of primary amides is 1. The van der Waals surface area contributed by atoms with E-state index in [0.717, 1.165) is 5.56 Å². The molecule has 0 saturated carbocycles. The minimum Gasteiger partial charge on any atom is -0.484 e. The van der Waals surface area contributed by atoms with Crippen molar-refractivity contribution in [1.82, 2.24) is 0 Å². The Morgan fingerprint density at radius 1 is 1.00 bits per heavy atom. The third-order valence-electron chi connectivity index (χ3n) is 2.92. The van der Waals surface area contributed by atoms with Gasteiger partial charge in [0.15, 0.2) is 6.61 Å². The standard InChI is InChI=1S/C16H18N4O3/c17-9-11-3-1-4-12(7-11)19-15(21)10-23-14-6-2-5-13(8-14)20-16(18)22/h1-8H,9-10,17H2,(H,19,21)(H3,18,20,22). The molecule has 2 aromatic rings. The normalized spacial score (nSPS) is 9.96. The van der Waals surface area contributed by atoms with Crippen LogP contribution in [0.4, 0.5) is 16.2 Å². The zero-order chi connectivity index (χ0) is 16.7. The van der Waals surface area contributed by atoms with Crippen LogP contribution in [-0.2, 0) is 11.3 Å². The maximum absolute atomic E-state index is 11.9. The first-order valence-electron chi connectivity index (χ1n) is 6.95. The molecule has 0 aliphatic heterocycles. The first kappa shape index (κ1) is 16.3. The monoisotopic (exact) mass is 314 g/mol. The molecule has 0 heterocycles. The van der Waals surface area contributed by atoms with Gasteiger partial charge in [-0.15, -0.1) is 0 Å². The van der Waals surface area contributed by atoms with Crippen molar-refractivity contribution < 1.29 is 14.3 Å². The molecule has 120 valence electrons. The molecule has 2 rings (SSSR count). The lowest BCUT2D eigenvalue weighted by Crippen LogP contribution is -2.21. The highest BCUT2D eigenvalue weighted by atomic mass is 16.5. The van der Waals surface area contributed by atoms with E-state index in [4.69, 9.17) is 16.2 Å².